The Labute approximate surface area is 226 Å². The third-order valence-electron chi connectivity index (χ3n) is 7.09. The number of hydrogen-bond donors (Lipinski definition) is 2. The molecule has 202 valence electrons. The second-order valence-corrected chi connectivity index (χ2v) is 10.0. The number of carbonyl (C=O) groups excluding carboxylic acids is 1. The van der Waals surface area contributed by atoms with Gasteiger partial charge in [-0.3, -0.25) is 4.79 Å². The van der Waals surface area contributed by atoms with Gasteiger partial charge in [0.2, 0.25) is 11.9 Å². The molecule has 2 saturated heterocycles. The van der Waals surface area contributed by atoms with Crippen LogP contribution in [0, 0.1) is 5.82 Å². The minimum atomic E-state index is -0.494. The van der Waals surface area contributed by atoms with Crippen LogP contribution in [-0.2, 0) is 4.79 Å². The van der Waals surface area contributed by atoms with E-state index in [0.717, 1.165) is 25.8 Å². The van der Waals surface area contributed by atoms with Crippen LogP contribution in [0.4, 0.5) is 21.8 Å². The summed E-state index contributed by atoms with van der Waals surface area (Å²) >= 11 is 5.95. The van der Waals surface area contributed by atoms with E-state index in [1.54, 1.807) is 38.5 Å². The molecule has 2 aliphatic rings. The minimum Gasteiger partial charge on any atom is -0.493 e. The Morgan fingerprint density at radius 3 is 2.66 bits per heavy atom. The molecule has 3 heterocycles. The van der Waals surface area contributed by atoms with E-state index in [9.17, 15) is 9.18 Å². The quantitative estimate of drug-likeness (QED) is 0.455. The molecule has 2 N–H and O–H groups in total. The lowest BCUT2D eigenvalue weighted by molar-refractivity contribution is -0.131. The molecule has 38 heavy (non-hydrogen) atoms. The Hall–Kier alpha value is -3.37. The number of benzene rings is 2. The van der Waals surface area contributed by atoms with Crippen LogP contribution < -0.4 is 25.0 Å². The van der Waals surface area contributed by atoms with Crippen molar-refractivity contribution in [2.24, 2.45) is 0 Å². The van der Waals surface area contributed by atoms with Crippen molar-refractivity contribution in [2.45, 2.75) is 31.7 Å². The average Bonchev–Trinajstić information content (AvgIpc) is 3.30. The smallest absolute Gasteiger partial charge is 0.227 e. The van der Waals surface area contributed by atoms with Gasteiger partial charge in [0.25, 0.3) is 0 Å². The average molecular weight is 543 g/mol. The molecular weight excluding hydrogens is 511 g/mol. The molecule has 0 saturated carbocycles. The van der Waals surface area contributed by atoms with Gasteiger partial charge in [-0.1, -0.05) is 11.6 Å². The largest absolute Gasteiger partial charge is 0.493 e. The van der Waals surface area contributed by atoms with Gasteiger partial charge in [0.1, 0.15) is 11.6 Å². The summed E-state index contributed by atoms with van der Waals surface area (Å²) in [4.78, 5) is 26.6. The van der Waals surface area contributed by atoms with Gasteiger partial charge in [0.15, 0.2) is 11.5 Å². The van der Waals surface area contributed by atoms with Crippen LogP contribution in [-0.4, -0.2) is 73.8 Å². The van der Waals surface area contributed by atoms with Crippen LogP contribution in [0.3, 0.4) is 0 Å². The van der Waals surface area contributed by atoms with Crippen molar-refractivity contribution in [2.75, 3.05) is 57.2 Å². The maximum absolute atomic E-state index is 14.7. The summed E-state index contributed by atoms with van der Waals surface area (Å²) in [6, 6.07) is 8.26. The predicted molar refractivity (Wildman–Crippen MR) is 146 cm³/mol. The van der Waals surface area contributed by atoms with Gasteiger partial charge in [-0.15, -0.1) is 0 Å². The number of anilines is 3. The molecule has 9 nitrogen and oxygen atoms in total. The summed E-state index contributed by atoms with van der Waals surface area (Å²) in [5.74, 6) is 1.65. The highest BCUT2D eigenvalue weighted by Gasteiger charge is 2.25. The lowest BCUT2D eigenvalue weighted by Gasteiger charge is -2.24. The standard InChI is InChI=1S/C27H32ClFN6O3/c1-37-23-15-19-22(16-24(23)38-2)32-27(33-26(19)31-21-7-6-17(28)13-20(21)29)35-10-4-9-34(11-12-35)25(36)14-18-5-3-8-30-18/h6-7,13,15-16,18,30H,3-5,8-12,14H2,1-2H3,(H,31,32,33)/t18-/m0/s1. The van der Waals surface area contributed by atoms with Crippen LogP contribution in [0.5, 0.6) is 11.5 Å². The Morgan fingerprint density at radius 1 is 1.11 bits per heavy atom. The zero-order valence-corrected chi connectivity index (χ0v) is 22.4. The molecule has 1 amide bonds. The first-order chi connectivity index (χ1) is 18.4. The Bertz CT molecular complexity index is 1320. The fourth-order valence-electron chi connectivity index (χ4n) is 5.04. The van der Waals surface area contributed by atoms with Crippen LogP contribution in [0.25, 0.3) is 10.9 Å². The molecule has 3 aromatic rings. The molecule has 0 unspecified atom stereocenters. The number of halogens is 2. The topological polar surface area (TPSA) is 91.9 Å². The van der Waals surface area contributed by atoms with E-state index in [1.807, 2.05) is 4.90 Å². The molecule has 2 aromatic carbocycles. The van der Waals surface area contributed by atoms with Crippen LogP contribution in [0.15, 0.2) is 30.3 Å². The maximum atomic E-state index is 14.7. The zero-order valence-electron chi connectivity index (χ0n) is 21.6. The monoisotopic (exact) mass is 542 g/mol. The highest BCUT2D eigenvalue weighted by molar-refractivity contribution is 6.30. The van der Waals surface area contributed by atoms with E-state index in [2.05, 4.69) is 15.5 Å². The zero-order chi connectivity index (χ0) is 26.6. The van der Waals surface area contributed by atoms with Crippen molar-refractivity contribution in [1.29, 1.82) is 0 Å². The van der Waals surface area contributed by atoms with E-state index < -0.39 is 5.82 Å². The summed E-state index contributed by atoms with van der Waals surface area (Å²) in [6.07, 6.45) is 3.51. The van der Waals surface area contributed by atoms with E-state index in [-0.39, 0.29) is 17.6 Å². The second-order valence-electron chi connectivity index (χ2n) is 9.56. The van der Waals surface area contributed by atoms with Gasteiger partial charge < -0.3 is 29.9 Å². The van der Waals surface area contributed by atoms with E-state index in [1.165, 1.54) is 6.07 Å². The fourth-order valence-corrected chi connectivity index (χ4v) is 5.19. The number of aromatic nitrogens is 2. The Balaban J connectivity index is 1.45. The molecule has 0 bridgehead atoms. The third kappa shape index (κ3) is 5.71. The first-order valence-corrected chi connectivity index (χ1v) is 13.2. The molecule has 1 atom stereocenters. The number of amides is 1. The third-order valence-corrected chi connectivity index (χ3v) is 7.32. The summed E-state index contributed by atoms with van der Waals surface area (Å²) in [7, 11) is 3.12. The summed E-state index contributed by atoms with van der Waals surface area (Å²) in [6.45, 7) is 3.56. The molecule has 1 aromatic heterocycles. The predicted octanol–water partition coefficient (Wildman–Crippen LogP) is 4.36. The van der Waals surface area contributed by atoms with Crippen molar-refractivity contribution in [3.8, 4) is 11.5 Å². The fraction of sp³-hybridized carbons (Fsp3) is 0.444. The first-order valence-electron chi connectivity index (χ1n) is 12.9. The Kier molecular flexibility index (Phi) is 7.99. The van der Waals surface area contributed by atoms with Crippen molar-refractivity contribution in [3.63, 3.8) is 0 Å². The summed E-state index contributed by atoms with van der Waals surface area (Å²) in [5.41, 5.74) is 0.859. The summed E-state index contributed by atoms with van der Waals surface area (Å²) < 4.78 is 25.7. The molecule has 0 aliphatic carbocycles. The SMILES string of the molecule is COc1cc2nc(N3CCCN(C(=O)C[C@@H]4CCCN4)CC3)nc(Nc3ccc(Cl)cc3F)c2cc1OC. The van der Waals surface area contributed by atoms with Gasteiger partial charge in [0, 0.05) is 55.1 Å². The van der Waals surface area contributed by atoms with Crippen LogP contribution in [0.2, 0.25) is 5.02 Å². The van der Waals surface area contributed by atoms with E-state index >= 15 is 0 Å². The number of carbonyl (C=O) groups is 1. The molecule has 2 fully saturated rings. The molecule has 2 aliphatic heterocycles. The number of hydrogen-bond acceptors (Lipinski definition) is 8. The number of nitrogens with zero attached hydrogens (tertiary/aromatic N) is 4. The van der Waals surface area contributed by atoms with E-state index in [4.69, 9.17) is 31.0 Å². The van der Waals surface area contributed by atoms with Gasteiger partial charge in [-0.05, 0) is 50.1 Å². The van der Waals surface area contributed by atoms with Crippen molar-refractivity contribution < 1.29 is 18.7 Å². The number of ether oxygens (including phenoxy) is 2. The van der Waals surface area contributed by atoms with Crippen LogP contribution in [0.1, 0.15) is 25.7 Å². The highest BCUT2D eigenvalue weighted by Crippen LogP contribution is 2.36. The van der Waals surface area contributed by atoms with Crippen molar-refractivity contribution >= 4 is 45.9 Å². The molecule has 5 rings (SSSR count). The van der Waals surface area contributed by atoms with Crippen LogP contribution >= 0.6 is 11.6 Å². The second kappa shape index (κ2) is 11.6. The molecule has 0 spiro atoms. The Morgan fingerprint density at radius 2 is 1.92 bits per heavy atom. The van der Waals surface area contributed by atoms with Gasteiger partial charge in [0.05, 0.1) is 25.4 Å². The lowest BCUT2D eigenvalue weighted by Crippen LogP contribution is -2.38. The minimum absolute atomic E-state index is 0.183. The maximum Gasteiger partial charge on any atom is 0.227 e. The van der Waals surface area contributed by atoms with Gasteiger partial charge >= 0.3 is 0 Å². The van der Waals surface area contributed by atoms with Crippen molar-refractivity contribution in [1.82, 2.24) is 20.2 Å². The first kappa shape index (κ1) is 26.2. The van der Waals surface area contributed by atoms with Gasteiger partial charge in [-0.25, -0.2) is 9.37 Å². The number of methoxy groups -OCH3 is 2. The number of rotatable bonds is 7. The number of nitrogens with one attached hydrogen (secondary N) is 2. The molecular formula is C27H32ClFN6O3. The molecule has 0 radical (unpaired) electrons. The lowest BCUT2D eigenvalue weighted by atomic mass is 10.1. The molecule has 11 heteroatoms. The number of fused-ring (bicyclic) bond motifs is 1. The van der Waals surface area contributed by atoms with Crippen molar-refractivity contribution in [3.05, 3.63) is 41.2 Å². The van der Waals surface area contributed by atoms with E-state index in [0.29, 0.717) is 71.8 Å². The summed E-state index contributed by atoms with van der Waals surface area (Å²) in [5, 5.41) is 7.48. The highest BCUT2D eigenvalue weighted by atomic mass is 35.5. The van der Waals surface area contributed by atoms with Gasteiger partial charge in [-0.2, -0.15) is 4.98 Å². The normalized spacial score (nSPS) is 17.9.